The Morgan fingerprint density at radius 2 is 1.85 bits per heavy atom. The van der Waals surface area contributed by atoms with Crippen molar-refractivity contribution in [2.75, 3.05) is 42.5 Å². The van der Waals surface area contributed by atoms with Gasteiger partial charge < -0.3 is 9.80 Å². The molecule has 1 fully saturated rings. The standard InChI is InChI=1S/C21H25BrN4O/c1-16(21(27)26-10-4-6-17-5-2-3-7-19(17)26)24-11-13-25(14-12-24)20-9-8-18(22)15-23-20/h2-3,5,7-9,15-16H,4,6,10-14H2,1H3. The third kappa shape index (κ3) is 3.87. The number of piperazine rings is 1. The second-order valence-corrected chi connectivity index (χ2v) is 8.17. The molecule has 0 spiro atoms. The molecule has 2 aliphatic rings. The minimum atomic E-state index is -0.101. The predicted octanol–water partition coefficient (Wildman–Crippen LogP) is 3.33. The van der Waals surface area contributed by atoms with Crippen molar-refractivity contribution in [2.24, 2.45) is 0 Å². The fraction of sp³-hybridized carbons (Fsp3) is 0.429. The highest BCUT2D eigenvalue weighted by Crippen LogP contribution is 2.28. The zero-order valence-corrected chi connectivity index (χ0v) is 17.2. The van der Waals surface area contributed by atoms with Crippen molar-refractivity contribution in [2.45, 2.75) is 25.8 Å². The molecular weight excluding hydrogens is 404 g/mol. The van der Waals surface area contributed by atoms with Crippen LogP contribution in [0.15, 0.2) is 47.1 Å². The summed E-state index contributed by atoms with van der Waals surface area (Å²) >= 11 is 3.43. The highest BCUT2D eigenvalue weighted by Gasteiger charge is 2.31. The summed E-state index contributed by atoms with van der Waals surface area (Å²) in [6.07, 6.45) is 3.94. The van der Waals surface area contributed by atoms with E-state index >= 15 is 0 Å². The maximum absolute atomic E-state index is 13.2. The summed E-state index contributed by atoms with van der Waals surface area (Å²) in [5.41, 5.74) is 2.38. The zero-order chi connectivity index (χ0) is 18.8. The van der Waals surface area contributed by atoms with Crippen LogP contribution in [-0.4, -0.2) is 54.6 Å². The quantitative estimate of drug-likeness (QED) is 0.751. The van der Waals surface area contributed by atoms with E-state index in [-0.39, 0.29) is 11.9 Å². The summed E-state index contributed by atoms with van der Waals surface area (Å²) < 4.78 is 0.992. The molecule has 1 saturated heterocycles. The minimum Gasteiger partial charge on any atom is -0.354 e. The number of hydrogen-bond acceptors (Lipinski definition) is 4. The number of para-hydroxylation sites is 1. The highest BCUT2D eigenvalue weighted by atomic mass is 79.9. The first-order chi connectivity index (χ1) is 13.1. The first-order valence-corrected chi connectivity index (χ1v) is 10.4. The lowest BCUT2D eigenvalue weighted by molar-refractivity contribution is -0.123. The molecule has 2 aliphatic heterocycles. The van der Waals surface area contributed by atoms with E-state index in [0.29, 0.717) is 0 Å². The Bertz CT molecular complexity index is 802. The number of halogens is 1. The molecule has 1 amide bonds. The van der Waals surface area contributed by atoms with Crippen LogP contribution in [0.4, 0.5) is 11.5 Å². The van der Waals surface area contributed by atoms with Gasteiger partial charge in [0, 0.05) is 49.1 Å². The van der Waals surface area contributed by atoms with Crippen molar-refractivity contribution in [1.29, 1.82) is 0 Å². The molecule has 1 unspecified atom stereocenters. The monoisotopic (exact) mass is 428 g/mol. The average molecular weight is 429 g/mol. The van der Waals surface area contributed by atoms with Gasteiger partial charge in [0.1, 0.15) is 5.82 Å². The van der Waals surface area contributed by atoms with E-state index in [1.54, 1.807) is 0 Å². The number of amides is 1. The van der Waals surface area contributed by atoms with Gasteiger partial charge in [0.15, 0.2) is 0 Å². The van der Waals surface area contributed by atoms with Crippen LogP contribution in [0.3, 0.4) is 0 Å². The fourth-order valence-electron chi connectivity index (χ4n) is 4.04. The van der Waals surface area contributed by atoms with Gasteiger partial charge >= 0.3 is 0 Å². The van der Waals surface area contributed by atoms with Crippen LogP contribution in [0, 0.1) is 0 Å². The number of rotatable bonds is 3. The van der Waals surface area contributed by atoms with Gasteiger partial charge in [0.2, 0.25) is 5.91 Å². The van der Waals surface area contributed by atoms with Crippen LogP contribution in [0.5, 0.6) is 0 Å². The summed E-state index contributed by atoms with van der Waals surface area (Å²) in [6.45, 7) is 6.40. The van der Waals surface area contributed by atoms with Crippen molar-refractivity contribution in [3.8, 4) is 0 Å². The summed E-state index contributed by atoms with van der Waals surface area (Å²) in [5, 5.41) is 0. The number of benzene rings is 1. The van der Waals surface area contributed by atoms with Crippen LogP contribution in [-0.2, 0) is 11.2 Å². The van der Waals surface area contributed by atoms with E-state index in [1.807, 2.05) is 36.2 Å². The fourth-order valence-corrected chi connectivity index (χ4v) is 4.27. The summed E-state index contributed by atoms with van der Waals surface area (Å²) in [5.74, 6) is 1.22. The second-order valence-electron chi connectivity index (χ2n) is 7.26. The smallest absolute Gasteiger partial charge is 0.244 e. The highest BCUT2D eigenvalue weighted by molar-refractivity contribution is 9.10. The molecule has 5 nitrogen and oxygen atoms in total. The molecule has 1 atom stereocenters. The Balaban J connectivity index is 1.40. The van der Waals surface area contributed by atoms with Crippen LogP contribution in [0.25, 0.3) is 0 Å². The number of carbonyl (C=O) groups excluding carboxylic acids is 1. The van der Waals surface area contributed by atoms with Crippen LogP contribution >= 0.6 is 15.9 Å². The molecule has 3 heterocycles. The molecule has 0 aliphatic carbocycles. The number of hydrogen-bond donors (Lipinski definition) is 0. The van der Waals surface area contributed by atoms with E-state index in [2.05, 4.69) is 48.9 Å². The Hall–Kier alpha value is -1.92. The summed E-state index contributed by atoms with van der Waals surface area (Å²) in [7, 11) is 0. The molecule has 1 aromatic heterocycles. The number of aryl methyl sites for hydroxylation is 1. The molecular formula is C21H25BrN4O. The number of nitrogens with zero attached hydrogens (tertiary/aromatic N) is 4. The number of aromatic nitrogens is 1. The maximum Gasteiger partial charge on any atom is 0.244 e. The Labute approximate surface area is 169 Å². The van der Waals surface area contributed by atoms with Gasteiger partial charge in [0.25, 0.3) is 0 Å². The topological polar surface area (TPSA) is 39.7 Å². The number of pyridine rings is 1. The Morgan fingerprint density at radius 3 is 2.59 bits per heavy atom. The van der Waals surface area contributed by atoms with E-state index in [1.165, 1.54) is 5.56 Å². The molecule has 0 N–H and O–H groups in total. The summed E-state index contributed by atoms with van der Waals surface area (Å²) in [4.78, 5) is 24.3. The normalized spacial score (nSPS) is 18.9. The molecule has 4 rings (SSSR count). The lowest BCUT2D eigenvalue weighted by Crippen LogP contribution is -2.55. The van der Waals surface area contributed by atoms with Gasteiger partial charge in [0.05, 0.1) is 6.04 Å². The van der Waals surface area contributed by atoms with E-state index in [4.69, 9.17) is 0 Å². The predicted molar refractivity (Wildman–Crippen MR) is 112 cm³/mol. The van der Waals surface area contributed by atoms with Gasteiger partial charge in [-0.05, 0) is 59.5 Å². The summed E-state index contributed by atoms with van der Waals surface area (Å²) in [6, 6.07) is 12.3. The second kappa shape index (κ2) is 7.98. The van der Waals surface area contributed by atoms with Crippen LogP contribution < -0.4 is 9.80 Å². The molecule has 142 valence electrons. The molecule has 0 saturated carbocycles. The first kappa shape index (κ1) is 18.4. The molecule has 1 aromatic carbocycles. The molecule has 2 aromatic rings. The van der Waals surface area contributed by atoms with E-state index in [9.17, 15) is 4.79 Å². The zero-order valence-electron chi connectivity index (χ0n) is 15.6. The first-order valence-electron chi connectivity index (χ1n) is 9.63. The van der Waals surface area contributed by atoms with Crippen molar-refractivity contribution < 1.29 is 4.79 Å². The lowest BCUT2D eigenvalue weighted by atomic mass is 10.0. The number of carbonyl (C=O) groups is 1. The van der Waals surface area contributed by atoms with Gasteiger partial charge in [-0.2, -0.15) is 0 Å². The van der Waals surface area contributed by atoms with Crippen molar-refractivity contribution in [3.63, 3.8) is 0 Å². The third-order valence-electron chi connectivity index (χ3n) is 5.63. The average Bonchev–Trinajstić information content (AvgIpc) is 2.73. The van der Waals surface area contributed by atoms with Gasteiger partial charge in [-0.1, -0.05) is 18.2 Å². The molecule has 0 bridgehead atoms. The van der Waals surface area contributed by atoms with E-state index in [0.717, 1.165) is 61.5 Å². The largest absolute Gasteiger partial charge is 0.354 e. The maximum atomic E-state index is 13.2. The molecule has 27 heavy (non-hydrogen) atoms. The van der Waals surface area contributed by atoms with Crippen molar-refractivity contribution in [3.05, 3.63) is 52.6 Å². The van der Waals surface area contributed by atoms with Crippen LogP contribution in [0.2, 0.25) is 0 Å². The Kier molecular flexibility index (Phi) is 5.45. The molecule has 0 radical (unpaired) electrons. The van der Waals surface area contributed by atoms with Crippen molar-refractivity contribution in [1.82, 2.24) is 9.88 Å². The van der Waals surface area contributed by atoms with Crippen LogP contribution in [0.1, 0.15) is 18.9 Å². The van der Waals surface area contributed by atoms with Gasteiger partial charge in [-0.15, -0.1) is 0 Å². The van der Waals surface area contributed by atoms with Gasteiger partial charge in [-0.3, -0.25) is 9.69 Å². The SMILES string of the molecule is CC(C(=O)N1CCCc2ccccc21)N1CCN(c2ccc(Br)cn2)CC1. The number of fused-ring (bicyclic) bond motifs is 1. The minimum absolute atomic E-state index is 0.101. The number of anilines is 2. The third-order valence-corrected chi connectivity index (χ3v) is 6.10. The van der Waals surface area contributed by atoms with E-state index < -0.39 is 0 Å². The van der Waals surface area contributed by atoms with Crippen molar-refractivity contribution >= 4 is 33.3 Å². The Morgan fingerprint density at radius 1 is 1.07 bits per heavy atom. The molecule has 6 heteroatoms. The lowest BCUT2D eigenvalue weighted by Gasteiger charge is -2.40. The van der Waals surface area contributed by atoms with Gasteiger partial charge in [-0.25, -0.2) is 4.98 Å².